The number of nitrogens with zero attached hydrogens (tertiary/aromatic N) is 2. The summed E-state index contributed by atoms with van der Waals surface area (Å²) in [5.41, 5.74) is 2.00. The number of Topliss-reactive ketones (excluding diaryl/α,β-unsaturated/α-hetero) is 1. The summed E-state index contributed by atoms with van der Waals surface area (Å²) in [6.45, 7) is 20.3. The molecule has 0 unspecified atom stereocenters. The first-order valence-electron chi connectivity index (χ1n) is 22.4. The van der Waals surface area contributed by atoms with Crippen molar-refractivity contribution in [3.05, 3.63) is 46.0 Å². The summed E-state index contributed by atoms with van der Waals surface area (Å²) >= 11 is 6.11. The van der Waals surface area contributed by atoms with E-state index in [1.807, 2.05) is 31.1 Å². The van der Waals surface area contributed by atoms with Gasteiger partial charge in [-0.1, -0.05) is 77.8 Å². The Morgan fingerprint density at radius 1 is 0.915 bits per heavy atom. The number of allylic oxidation sites excluding steroid dienone is 2. The number of ketones is 1. The number of carboxylic acids is 1. The molecular formula is C49H75ClN2O7. The molecule has 0 aromatic heterocycles. The van der Waals surface area contributed by atoms with Crippen LogP contribution in [-0.2, 0) is 30.5 Å². The van der Waals surface area contributed by atoms with Crippen LogP contribution in [0.1, 0.15) is 145 Å². The fourth-order valence-corrected chi connectivity index (χ4v) is 13.1. The van der Waals surface area contributed by atoms with Gasteiger partial charge in [0.1, 0.15) is 6.10 Å². The Morgan fingerprint density at radius 2 is 1.58 bits per heavy atom. The average Bonchev–Trinajstić information content (AvgIpc) is 3.12. The lowest BCUT2D eigenvalue weighted by Crippen LogP contribution is -2.65. The maximum Gasteiger partial charge on any atom is 0.309 e. The molecule has 4 fully saturated rings. The number of benzene rings is 1. The molecule has 59 heavy (non-hydrogen) atoms. The van der Waals surface area contributed by atoms with Gasteiger partial charge >= 0.3 is 11.9 Å². The number of carbonyl (C=O) groups excluding carboxylic acids is 3. The van der Waals surface area contributed by atoms with Crippen molar-refractivity contribution in [1.82, 2.24) is 9.80 Å². The molecule has 0 heterocycles. The first-order valence-corrected chi connectivity index (χ1v) is 22.8. The third-order valence-corrected chi connectivity index (χ3v) is 16.5. The zero-order valence-electron chi connectivity index (χ0n) is 38.1. The van der Waals surface area contributed by atoms with E-state index in [-0.39, 0.29) is 71.3 Å². The van der Waals surface area contributed by atoms with Crippen molar-refractivity contribution in [2.75, 3.05) is 27.2 Å². The molecule has 0 radical (unpaired) electrons. The summed E-state index contributed by atoms with van der Waals surface area (Å²) in [7, 11) is 3.70. The van der Waals surface area contributed by atoms with Gasteiger partial charge in [-0.15, -0.1) is 0 Å². The number of esters is 1. The number of hydrogen-bond donors (Lipinski definition) is 2. The lowest BCUT2D eigenvalue weighted by atomic mass is 9.34. The number of aliphatic hydroxyl groups is 1. The van der Waals surface area contributed by atoms with Crippen LogP contribution in [0, 0.1) is 50.7 Å². The fraction of sp³-hybridized carbons (Fsp3) is 0.755. The number of rotatable bonds is 15. The van der Waals surface area contributed by atoms with Crippen LogP contribution in [0.5, 0.6) is 0 Å². The highest BCUT2D eigenvalue weighted by Crippen LogP contribution is 2.74. The van der Waals surface area contributed by atoms with E-state index in [0.717, 1.165) is 68.9 Å². The molecule has 8 atom stereocenters. The highest BCUT2D eigenvalue weighted by atomic mass is 35.5. The molecule has 1 aromatic carbocycles. The highest BCUT2D eigenvalue weighted by molar-refractivity contribution is 6.30. The van der Waals surface area contributed by atoms with Gasteiger partial charge in [0.05, 0.1) is 24.5 Å². The SMILES string of the molecule is CC(C)/C(C(=O)CC[C@H](O)CN(Cc1ccc(Cl)cc1)C(=O)CN(C)C)=C1/CCC[C@]2(C)[C@@H]1CC[C@@H]1[C@@]3(C)CC[C@H](OC(=O)CC(C)(C)C(=O)O)C(C)(C)[C@@H]3CC[C@]12C. The second kappa shape index (κ2) is 17.9. The average molecular weight is 840 g/mol. The van der Waals surface area contributed by atoms with E-state index in [2.05, 4.69) is 48.5 Å². The summed E-state index contributed by atoms with van der Waals surface area (Å²) in [6, 6.07) is 7.40. The van der Waals surface area contributed by atoms with Crippen molar-refractivity contribution in [2.24, 2.45) is 50.7 Å². The molecule has 2 N–H and O–H groups in total. The molecular weight excluding hydrogens is 764 g/mol. The second-order valence-electron chi connectivity index (χ2n) is 21.5. The quantitative estimate of drug-likeness (QED) is 0.132. The number of aliphatic carboxylic acids is 1. The van der Waals surface area contributed by atoms with Gasteiger partial charge in [0, 0.05) is 29.9 Å². The third kappa shape index (κ3) is 9.52. The summed E-state index contributed by atoms with van der Waals surface area (Å²) in [4.78, 5) is 56.1. The Balaban J connectivity index is 1.32. The number of halogens is 1. The fourth-order valence-electron chi connectivity index (χ4n) is 13.0. The Hall–Kier alpha value is -2.75. The number of hydrogen-bond acceptors (Lipinski definition) is 7. The summed E-state index contributed by atoms with van der Waals surface area (Å²) in [6.07, 6.45) is 8.48. The Bertz CT molecular complexity index is 1750. The van der Waals surface area contributed by atoms with Gasteiger partial charge in [0.25, 0.3) is 0 Å². The van der Waals surface area contributed by atoms with Gasteiger partial charge in [-0.3, -0.25) is 19.2 Å². The van der Waals surface area contributed by atoms with E-state index >= 15 is 0 Å². The van der Waals surface area contributed by atoms with Crippen molar-refractivity contribution in [1.29, 1.82) is 0 Å². The predicted molar refractivity (Wildman–Crippen MR) is 234 cm³/mol. The van der Waals surface area contributed by atoms with Crippen LogP contribution in [0.2, 0.25) is 5.02 Å². The number of aliphatic hydroxyl groups excluding tert-OH is 1. The first-order chi connectivity index (χ1) is 27.4. The van der Waals surface area contributed by atoms with Crippen LogP contribution < -0.4 is 0 Å². The Labute approximate surface area is 360 Å². The minimum Gasteiger partial charge on any atom is -0.481 e. The predicted octanol–water partition coefficient (Wildman–Crippen LogP) is 9.76. The van der Waals surface area contributed by atoms with Crippen LogP contribution in [0.15, 0.2) is 35.4 Å². The van der Waals surface area contributed by atoms with Crippen molar-refractivity contribution >= 4 is 35.2 Å². The van der Waals surface area contributed by atoms with Gasteiger partial charge in [-0.2, -0.15) is 0 Å². The molecule has 0 saturated heterocycles. The molecule has 330 valence electrons. The van der Waals surface area contributed by atoms with E-state index in [9.17, 15) is 29.4 Å². The maximum absolute atomic E-state index is 14.4. The lowest BCUT2D eigenvalue weighted by molar-refractivity contribution is -0.230. The molecule has 0 spiro atoms. The Morgan fingerprint density at radius 3 is 2.19 bits per heavy atom. The van der Waals surface area contributed by atoms with E-state index in [1.54, 1.807) is 30.9 Å². The van der Waals surface area contributed by atoms with Crippen molar-refractivity contribution in [3.63, 3.8) is 0 Å². The number of carboxylic acid groups (broad SMARTS) is 1. The molecule has 1 aromatic rings. The zero-order valence-corrected chi connectivity index (χ0v) is 38.8. The minimum atomic E-state index is -1.17. The van der Waals surface area contributed by atoms with E-state index < -0.39 is 23.5 Å². The number of fused-ring (bicyclic) bond motifs is 5. The van der Waals surface area contributed by atoms with Gasteiger partial charge in [-0.05, 0) is 155 Å². The number of amides is 1. The van der Waals surface area contributed by atoms with E-state index in [0.29, 0.717) is 35.7 Å². The summed E-state index contributed by atoms with van der Waals surface area (Å²) < 4.78 is 6.16. The van der Waals surface area contributed by atoms with Gasteiger partial charge in [-0.25, -0.2) is 0 Å². The molecule has 0 bridgehead atoms. The topological polar surface area (TPSA) is 124 Å². The van der Waals surface area contributed by atoms with E-state index in [4.69, 9.17) is 16.3 Å². The zero-order chi connectivity index (χ0) is 43.9. The molecule has 0 aliphatic heterocycles. The summed E-state index contributed by atoms with van der Waals surface area (Å²) in [5.74, 6) is -0.114. The van der Waals surface area contributed by atoms with Gasteiger partial charge < -0.3 is 24.7 Å². The molecule has 1 amide bonds. The largest absolute Gasteiger partial charge is 0.481 e. The minimum absolute atomic E-state index is 0.0300. The standard InChI is InChI=1S/C49H75ClN2O7/c1-31(2)43(37(54)20-18-34(53)29-52(41(55)30-51(10)11)28-32-14-16-33(50)17-15-32)35-13-12-24-48(8)36(35)19-21-39-47(7)25-23-40(59-42(56)27-45(3,4)44(57)58)46(5,6)38(47)22-26-49(39,48)9/h14-17,31,34,36,38-40,53H,12-13,18-30H2,1-11H3,(H,57,58)/b43-35+/t34-,36+,38-,39+,40-,47-,48+,49+/m0/s1. The molecule has 10 heteroatoms. The van der Waals surface area contributed by atoms with Crippen LogP contribution in [0.4, 0.5) is 0 Å². The highest BCUT2D eigenvalue weighted by Gasteiger charge is 2.68. The normalized spacial score (nSPS) is 31.7. The van der Waals surface area contributed by atoms with Crippen molar-refractivity contribution in [3.8, 4) is 0 Å². The number of carbonyl (C=O) groups is 4. The molecule has 4 aliphatic rings. The third-order valence-electron chi connectivity index (χ3n) is 16.3. The molecule has 5 rings (SSSR count). The first kappa shape index (κ1) is 47.3. The van der Waals surface area contributed by atoms with Crippen LogP contribution in [0.3, 0.4) is 0 Å². The van der Waals surface area contributed by atoms with Crippen LogP contribution in [-0.4, -0.2) is 83.0 Å². The number of likely N-dealkylation sites (N-methyl/N-ethyl adjacent to an activating group) is 1. The molecule has 9 nitrogen and oxygen atoms in total. The monoisotopic (exact) mass is 839 g/mol. The van der Waals surface area contributed by atoms with E-state index in [1.165, 1.54) is 5.57 Å². The summed E-state index contributed by atoms with van der Waals surface area (Å²) in [5, 5.41) is 21.6. The second-order valence-corrected chi connectivity index (χ2v) is 22.0. The molecule has 4 saturated carbocycles. The van der Waals surface area contributed by atoms with Crippen LogP contribution >= 0.6 is 11.6 Å². The van der Waals surface area contributed by atoms with Crippen LogP contribution in [0.25, 0.3) is 0 Å². The Kier molecular flexibility index (Phi) is 14.4. The van der Waals surface area contributed by atoms with Gasteiger partial charge in [0.2, 0.25) is 5.91 Å². The van der Waals surface area contributed by atoms with Gasteiger partial charge in [0.15, 0.2) is 5.78 Å². The number of ether oxygens (including phenoxy) is 1. The lowest BCUT2D eigenvalue weighted by Gasteiger charge is -2.71. The maximum atomic E-state index is 14.4. The molecule has 4 aliphatic carbocycles. The smallest absolute Gasteiger partial charge is 0.309 e. The van der Waals surface area contributed by atoms with Crippen molar-refractivity contribution in [2.45, 2.75) is 158 Å². The van der Waals surface area contributed by atoms with Crippen molar-refractivity contribution < 1.29 is 34.1 Å².